The predicted molar refractivity (Wildman–Crippen MR) is 83.7 cm³/mol. The van der Waals surface area contributed by atoms with Crippen molar-refractivity contribution in [2.45, 2.75) is 46.1 Å². The first kappa shape index (κ1) is 18.0. The van der Waals surface area contributed by atoms with Crippen LogP contribution < -0.4 is 9.47 Å². The van der Waals surface area contributed by atoms with Gasteiger partial charge in [-0.25, -0.2) is 0 Å². The van der Waals surface area contributed by atoms with Gasteiger partial charge in [-0.15, -0.1) is 0 Å². The second-order valence-corrected chi connectivity index (χ2v) is 6.02. The lowest BCUT2D eigenvalue weighted by molar-refractivity contribution is -0.155. The standard InChI is InChI=1S/C17H24O5/c1-12-9-14(20-5)15(10-13(12)11-18)21-8-6-7-16(19)22-17(2,3)4/h9-11H,6-8H2,1-5H3. The fourth-order valence-electron chi connectivity index (χ4n) is 1.87. The summed E-state index contributed by atoms with van der Waals surface area (Å²) in [5, 5.41) is 0. The van der Waals surface area contributed by atoms with Crippen LogP contribution in [0.25, 0.3) is 0 Å². The summed E-state index contributed by atoms with van der Waals surface area (Å²) >= 11 is 0. The first-order valence-electron chi connectivity index (χ1n) is 7.25. The number of esters is 1. The molecule has 0 heterocycles. The van der Waals surface area contributed by atoms with Gasteiger partial charge in [0.15, 0.2) is 11.5 Å². The van der Waals surface area contributed by atoms with Crippen LogP contribution >= 0.6 is 0 Å². The maximum absolute atomic E-state index is 11.6. The number of benzene rings is 1. The third-order valence-electron chi connectivity index (χ3n) is 2.88. The van der Waals surface area contributed by atoms with Gasteiger partial charge in [-0.3, -0.25) is 9.59 Å². The van der Waals surface area contributed by atoms with Gasteiger partial charge in [-0.05, 0) is 51.8 Å². The lowest BCUT2D eigenvalue weighted by Gasteiger charge is -2.19. The number of rotatable bonds is 7. The fourth-order valence-corrected chi connectivity index (χ4v) is 1.87. The number of carbonyl (C=O) groups is 2. The molecule has 0 amide bonds. The summed E-state index contributed by atoms with van der Waals surface area (Å²) in [4.78, 5) is 22.6. The fraction of sp³-hybridized carbons (Fsp3) is 0.529. The molecule has 1 rings (SSSR count). The summed E-state index contributed by atoms with van der Waals surface area (Å²) in [6.45, 7) is 7.67. The van der Waals surface area contributed by atoms with E-state index in [2.05, 4.69) is 0 Å². The van der Waals surface area contributed by atoms with Gasteiger partial charge < -0.3 is 14.2 Å². The molecule has 0 bridgehead atoms. The lowest BCUT2D eigenvalue weighted by Crippen LogP contribution is -2.24. The third kappa shape index (κ3) is 5.76. The summed E-state index contributed by atoms with van der Waals surface area (Å²) in [6.07, 6.45) is 1.59. The number of methoxy groups -OCH3 is 1. The molecular weight excluding hydrogens is 284 g/mol. The zero-order chi connectivity index (χ0) is 16.8. The van der Waals surface area contributed by atoms with Gasteiger partial charge in [-0.2, -0.15) is 0 Å². The molecule has 0 N–H and O–H groups in total. The van der Waals surface area contributed by atoms with Gasteiger partial charge in [0.25, 0.3) is 0 Å². The Bertz CT molecular complexity index is 529. The van der Waals surface area contributed by atoms with Crippen molar-refractivity contribution < 1.29 is 23.8 Å². The topological polar surface area (TPSA) is 61.8 Å². The number of hydrogen-bond acceptors (Lipinski definition) is 5. The third-order valence-corrected chi connectivity index (χ3v) is 2.88. The summed E-state index contributed by atoms with van der Waals surface area (Å²) in [6, 6.07) is 3.40. The van der Waals surface area contributed by atoms with Crippen LogP contribution in [0, 0.1) is 6.92 Å². The average Bonchev–Trinajstić information content (AvgIpc) is 2.42. The molecule has 0 aliphatic carbocycles. The Morgan fingerprint density at radius 3 is 2.45 bits per heavy atom. The molecule has 0 unspecified atom stereocenters. The van der Waals surface area contributed by atoms with E-state index in [0.29, 0.717) is 30.1 Å². The SMILES string of the molecule is COc1cc(C)c(C=O)cc1OCCCC(=O)OC(C)(C)C. The van der Waals surface area contributed by atoms with Crippen LogP contribution in [-0.2, 0) is 9.53 Å². The van der Waals surface area contributed by atoms with Crippen molar-refractivity contribution >= 4 is 12.3 Å². The maximum atomic E-state index is 11.6. The van der Waals surface area contributed by atoms with Crippen molar-refractivity contribution in [3.05, 3.63) is 23.3 Å². The molecule has 0 atom stereocenters. The van der Waals surface area contributed by atoms with Crippen molar-refractivity contribution in [3.63, 3.8) is 0 Å². The Morgan fingerprint density at radius 2 is 1.91 bits per heavy atom. The molecule has 1 aromatic rings. The zero-order valence-electron chi connectivity index (χ0n) is 13.9. The van der Waals surface area contributed by atoms with Crippen LogP contribution in [-0.4, -0.2) is 31.6 Å². The van der Waals surface area contributed by atoms with E-state index < -0.39 is 5.60 Å². The highest BCUT2D eigenvalue weighted by Gasteiger charge is 2.16. The lowest BCUT2D eigenvalue weighted by atomic mass is 10.1. The number of aldehydes is 1. The molecule has 0 fully saturated rings. The molecule has 0 spiro atoms. The molecular formula is C17H24O5. The van der Waals surface area contributed by atoms with Gasteiger partial charge >= 0.3 is 5.97 Å². The number of ether oxygens (including phenoxy) is 3. The molecule has 122 valence electrons. The van der Waals surface area contributed by atoms with Crippen molar-refractivity contribution in [1.82, 2.24) is 0 Å². The van der Waals surface area contributed by atoms with Crippen molar-refractivity contribution in [2.75, 3.05) is 13.7 Å². The zero-order valence-corrected chi connectivity index (χ0v) is 13.9. The molecule has 0 saturated carbocycles. The highest BCUT2D eigenvalue weighted by Crippen LogP contribution is 2.30. The summed E-state index contributed by atoms with van der Waals surface area (Å²) in [5.74, 6) is 0.820. The largest absolute Gasteiger partial charge is 0.493 e. The number of hydrogen-bond donors (Lipinski definition) is 0. The van der Waals surface area contributed by atoms with Gasteiger partial charge in [0.05, 0.1) is 13.7 Å². The molecule has 1 aromatic carbocycles. The quantitative estimate of drug-likeness (QED) is 0.439. The second kappa shape index (κ2) is 7.82. The van der Waals surface area contributed by atoms with Crippen LogP contribution in [0.4, 0.5) is 0 Å². The van der Waals surface area contributed by atoms with Gasteiger partial charge in [0, 0.05) is 12.0 Å². The van der Waals surface area contributed by atoms with Crippen LogP contribution in [0.5, 0.6) is 11.5 Å². The first-order valence-corrected chi connectivity index (χ1v) is 7.25. The molecule has 0 aliphatic heterocycles. The van der Waals surface area contributed by atoms with E-state index in [-0.39, 0.29) is 12.4 Å². The summed E-state index contributed by atoms with van der Waals surface area (Å²) in [7, 11) is 1.54. The Kier molecular flexibility index (Phi) is 6.40. The van der Waals surface area contributed by atoms with E-state index in [1.807, 2.05) is 27.7 Å². The van der Waals surface area contributed by atoms with Crippen LogP contribution in [0.2, 0.25) is 0 Å². The minimum Gasteiger partial charge on any atom is -0.493 e. The highest BCUT2D eigenvalue weighted by atomic mass is 16.6. The number of carbonyl (C=O) groups excluding carboxylic acids is 2. The monoisotopic (exact) mass is 308 g/mol. The highest BCUT2D eigenvalue weighted by molar-refractivity contribution is 5.79. The molecule has 0 aliphatic rings. The number of aryl methyl sites for hydroxylation is 1. The predicted octanol–water partition coefficient (Wildman–Crippen LogP) is 3.32. The Labute approximate surface area is 131 Å². The van der Waals surface area contributed by atoms with Crippen LogP contribution in [0.15, 0.2) is 12.1 Å². The molecule has 5 nitrogen and oxygen atoms in total. The normalized spacial score (nSPS) is 11.0. The van der Waals surface area contributed by atoms with E-state index in [9.17, 15) is 9.59 Å². The van der Waals surface area contributed by atoms with Crippen molar-refractivity contribution in [2.24, 2.45) is 0 Å². The van der Waals surface area contributed by atoms with E-state index in [0.717, 1.165) is 11.8 Å². The minimum atomic E-state index is -0.475. The Hall–Kier alpha value is -2.04. The van der Waals surface area contributed by atoms with E-state index in [1.165, 1.54) is 0 Å². The van der Waals surface area contributed by atoms with Crippen molar-refractivity contribution in [1.29, 1.82) is 0 Å². The minimum absolute atomic E-state index is 0.249. The van der Waals surface area contributed by atoms with E-state index in [4.69, 9.17) is 14.2 Å². The van der Waals surface area contributed by atoms with E-state index >= 15 is 0 Å². The van der Waals surface area contributed by atoms with Crippen molar-refractivity contribution in [3.8, 4) is 11.5 Å². The van der Waals surface area contributed by atoms with E-state index in [1.54, 1.807) is 19.2 Å². The molecule has 0 radical (unpaired) electrons. The summed E-state index contributed by atoms with van der Waals surface area (Å²) in [5.41, 5.74) is 0.910. The summed E-state index contributed by atoms with van der Waals surface area (Å²) < 4.78 is 16.1. The molecule has 0 saturated heterocycles. The molecule has 0 aromatic heterocycles. The van der Waals surface area contributed by atoms with Gasteiger partial charge in [0.2, 0.25) is 0 Å². The average molecular weight is 308 g/mol. The van der Waals surface area contributed by atoms with Crippen LogP contribution in [0.1, 0.15) is 49.5 Å². The van der Waals surface area contributed by atoms with Gasteiger partial charge in [0.1, 0.15) is 11.9 Å². The van der Waals surface area contributed by atoms with Gasteiger partial charge in [-0.1, -0.05) is 0 Å². The smallest absolute Gasteiger partial charge is 0.306 e. The Morgan fingerprint density at radius 1 is 1.23 bits per heavy atom. The maximum Gasteiger partial charge on any atom is 0.306 e. The second-order valence-electron chi connectivity index (χ2n) is 6.02. The first-order chi connectivity index (χ1) is 10.3. The molecule has 5 heteroatoms. The van der Waals surface area contributed by atoms with Crippen LogP contribution in [0.3, 0.4) is 0 Å². The molecule has 22 heavy (non-hydrogen) atoms. The Balaban J connectivity index is 2.54.